The predicted octanol–water partition coefficient (Wildman–Crippen LogP) is -2.46. The third kappa shape index (κ3) is 7.79. The smallest absolute Gasteiger partial charge is 0.326 e. The minimum atomic E-state index is -1.43. The van der Waals surface area contributed by atoms with Gasteiger partial charge in [-0.1, -0.05) is 27.7 Å². The number of rotatable bonds is 11. The van der Waals surface area contributed by atoms with Crippen molar-refractivity contribution in [3.05, 3.63) is 0 Å². The van der Waals surface area contributed by atoms with Gasteiger partial charge in [0.2, 0.25) is 17.7 Å². The number of carbonyl (C=O) groups excluding carboxylic acids is 3. The number of aliphatic hydroxyl groups is 2. The zero-order valence-electron chi connectivity index (χ0n) is 16.8. The predicted molar refractivity (Wildman–Crippen MR) is 99.8 cm³/mol. The Balaban J connectivity index is 5.32. The Bertz CT molecular complexity index is 566. The van der Waals surface area contributed by atoms with Crippen LogP contribution in [0.25, 0.3) is 0 Å². The van der Waals surface area contributed by atoms with Gasteiger partial charge in [-0.3, -0.25) is 14.4 Å². The lowest BCUT2D eigenvalue weighted by Gasteiger charge is -2.28. The van der Waals surface area contributed by atoms with Crippen LogP contribution in [-0.4, -0.2) is 75.9 Å². The lowest BCUT2D eigenvalue weighted by atomic mass is 10.0. The first-order chi connectivity index (χ1) is 12.8. The van der Waals surface area contributed by atoms with E-state index in [-0.39, 0.29) is 0 Å². The fourth-order valence-corrected chi connectivity index (χ4v) is 2.28. The Hall–Kier alpha value is -2.24. The number of nitrogens with two attached hydrogens (primary N) is 1. The van der Waals surface area contributed by atoms with Crippen molar-refractivity contribution in [3.8, 4) is 0 Å². The lowest BCUT2D eigenvalue weighted by Crippen LogP contribution is -2.61. The molecule has 0 aliphatic rings. The standard InChI is InChI=1S/C17H32N4O7/c1-7(2)11(19-14(24)10(18)6-22)15(25)21-13(9(5)23)16(26)20-12(8(3)4)17(27)28/h7-13,22-23H,6,18H2,1-5H3,(H,19,24)(H,20,26)(H,21,25)(H,27,28)/t9-,10+,11+,12+,13+/m1/s1. The largest absolute Gasteiger partial charge is 0.480 e. The topological polar surface area (TPSA) is 191 Å². The van der Waals surface area contributed by atoms with Crippen LogP contribution in [0.4, 0.5) is 0 Å². The number of aliphatic hydroxyl groups excluding tert-OH is 2. The van der Waals surface area contributed by atoms with Gasteiger partial charge in [0.25, 0.3) is 0 Å². The maximum absolute atomic E-state index is 12.6. The fraction of sp³-hybridized carbons (Fsp3) is 0.765. The molecule has 8 N–H and O–H groups in total. The Morgan fingerprint density at radius 1 is 0.786 bits per heavy atom. The number of amides is 3. The van der Waals surface area contributed by atoms with Crippen molar-refractivity contribution in [3.63, 3.8) is 0 Å². The van der Waals surface area contributed by atoms with Gasteiger partial charge in [-0.15, -0.1) is 0 Å². The highest BCUT2D eigenvalue weighted by molar-refractivity contribution is 5.94. The summed E-state index contributed by atoms with van der Waals surface area (Å²) in [6.45, 7) is 7.15. The van der Waals surface area contributed by atoms with E-state index < -0.39 is 72.4 Å². The van der Waals surface area contributed by atoms with E-state index in [1.54, 1.807) is 27.7 Å². The average molecular weight is 404 g/mol. The molecule has 0 fully saturated rings. The maximum atomic E-state index is 12.6. The van der Waals surface area contributed by atoms with Crippen molar-refractivity contribution in [1.82, 2.24) is 16.0 Å². The second-order valence-corrected chi connectivity index (χ2v) is 7.31. The van der Waals surface area contributed by atoms with Crippen LogP contribution in [0, 0.1) is 11.8 Å². The van der Waals surface area contributed by atoms with Gasteiger partial charge in [-0.25, -0.2) is 4.79 Å². The van der Waals surface area contributed by atoms with Crippen LogP contribution in [0.5, 0.6) is 0 Å². The molecule has 0 unspecified atom stereocenters. The summed E-state index contributed by atoms with van der Waals surface area (Å²) in [7, 11) is 0. The summed E-state index contributed by atoms with van der Waals surface area (Å²) >= 11 is 0. The molecule has 0 aromatic carbocycles. The van der Waals surface area contributed by atoms with E-state index in [1.165, 1.54) is 6.92 Å². The number of hydrogen-bond donors (Lipinski definition) is 7. The highest BCUT2D eigenvalue weighted by Gasteiger charge is 2.34. The highest BCUT2D eigenvalue weighted by Crippen LogP contribution is 2.06. The molecule has 11 heteroatoms. The van der Waals surface area contributed by atoms with Gasteiger partial charge in [0.15, 0.2) is 0 Å². The van der Waals surface area contributed by atoms with Gasteiger partial charge in [0, 0.05) is 0 Å². The molecule has 0 rings (SSSR count). The lowest BCUT2D eigenvalue weighted by molar-refractivity contribution is -0.144. The first kappa shape index (κ1) is 25.8. The molecular formula is C17H32N4O7. The van der Waals surface area contributed by atoms with Crippen LogP contribution >= 0.6 is 0 Å². The average Bonchev–Trinajstić information content (AvgIpc) is 2.59. The van der Waals surface area contributed by atoms with E-state index in [4.69, 9.17) is 10.8 Å². The molecule has 0 aliphatic heterocycles. The van der Waals surface area contributed by atoms with E-state index in [9.17, 15) is 29.4 Å². The first-order valence-corrected chi connectivity index (χ1v) is 9.01. The van der Waals surface area contributed by atoms with Gasteiger partial charge in [0.05, 0.1) is 12.7 Å². The molecule has 0 aromatic rings. The molecule has 11 nitrogen and oxygen atoms in total. The van der Waals surface area contributed by atoms with Crippen molar-refractivity contribution in [2.45, 2.75) is 64.9 Å². The van der Waals surface area contributed by atoms with E-state index in [1.807, 2.05) is 0 Å². The monoisotopic (exact) mass is 404 g/mol. The summed E-state index contributed by atoms with van der Waals surface area (Å²) in [6.07, 6.45) is -1.33. The molecule has 28 heavy (non-hydrogen) atoms. The fourth-order valence-electron chi connectivity index (χ4n) is 2.28. The number of carboxylic acids is 1. The summed E-state index contributed by atoms with van der Waals surface area (Å²) in [6, 6.07) is -4.93. The van der Waals surface area contributed by atoms with Crippen molar-refractivity contribution >= 4 is 23.7 Å². The van der Waals surface area contributed by atoms with Gasteiger partial charge in [-0.05, 0) is 18.8 Å². The Morgan fingerprint density at radius 2 is 1.18 bits per heavy atom. The van der Waals surface area contributed by atoms with E-state index in [0.717, 1.165) is 0 Å². The Morgan fingerprint density at radius 3 is 1.54 bits per heavy atom. The second kappa shape index (κ2) is 11.6. The molecule has 5 atom stereocenters. The SMILES string of the molecule is CC(C)[C@H](NC(=O)[C@@H](NC(=O)[C@@H](NC(=O)[C@@H](N)CO)C(C)C)[C@@H](C)O)C(=O)O. The van der Waals surface area contributed by atoms with Crippen molar-refractivity contribution in [1.29, 1.82) is 0 Å². The van der Waals surface area contributed by atoms with E-state index in [0.29, 0.717) is 0 Å². The minimum absolute atomic E-state index is 0.394. The summed E-state index contributed by atoms with van der Waals surface area (Å²) in [5.74, 6) is -4.44. The first-order valence-electron chi connectivity index (χ1n) is 9.01. The molecule has 0 saturated heterocycles. The van der Waals surface area contributed by atoms with Crippen LogP contribution < -0.4 is 21.7 Å². The van der Waals surface area contributed by atoms with Gasteiger partial charge in [0.1, 0.15) is 24.2 Å². The van der Waals surface area contributed by atoms with Crippen LogP contribution in [0.3, 0.4) is 0 Å². The van der Waals surface area contributed by atoms with Crippen LogP contribution in [0.2, 0.25) is 0 Å². The Kier molecular flexibility index (Phi) is 10.6. The Labute approximate surface area is 164 Å². The third-order valence-electron chi connectivity index (χ3n) is 4.07. The van der Waals surface area contributed by atoms with E-state index in [2.05, 4.69) is 16.0 Å². The van der Waals surface area contributed by atoms with Crippen LogP contribution in [0.1, 0.15) is 34.6 Å². The van der Waals surface area contributed by atoms with E-state index >= 15 is 0 Å². The summed E-state index contributed by atoms with van der Waals surface area (Å²) in [5.41, 5.74) is 5.42. The summed E-state index contributed by atoms with van der Waals surface area (Å²) < 4.78 is 0. The molecule has 0 spiro atoms. The molecule has 162 valence electrons. The van der Waals surface area contributed by atoms with Crippen molar-refractivity contribution in [2.24, 2.45) is 17.6 Å². The highest BCUT2D eigenvalue weighted by atomic mass is 16.4. The maximum Gasteiger partial charge on any atom is 0.326 e. The normalized spacial score (nSPS) is 16.6. The van der Waals surface area contributed by atoms with Crippen LogP contribution in [-0.2, 0) is 19.2 Å². The number of nitrogens with one attached hydrogen (secondary N) is 3. The zero-order valence-corrected chi connectivity index (χ0v) is 16.8. The third-order valence-corrected chi connectivity index (χ3v) is 4.07. The van der Waals surface area contributed by atoms with Crippen molar-refractivity contribution < 1.29 is 34.5 Å². The van der Waals surface area contributed by atoms with Crippen molar-refractivity contribution in [2.75, 3.05) is 6.61 Å². The molecule has 0 aliphatic carbocycles. The number of carboxylic acid groups (broad SMARTS) is 1. The van der Waals surface area contributed by atoms with Crippen LogP contribution in [0.15, 0.2) is 0 Å². The minimum Gasteiger partial charge on any atom is -0.480 e. The molecule has 0 aromatic heterocycles. The quantitative estimate of drug-likeness (QED) is 0.197. The number of hydrogen-bond acceptors (Lipinski definition) is 7. The molecule has 0 bridgehead atoms. The van der Waals surface area contributed by atoms with Gasteiger partial charge >= 0.3 is 5.97 Å². The summed E-state index contributed by atoms with van der Waals surface area (Å²) in [4.78, 5) is 48.1. The molecule has 0 heterocycles. The molecule has 0 saturated carbocycles. The number of carbonyl (C=O) groups is 4. The molecular weight excluding hydrogens is 372 g/mol. The zero-order chi connectivity index (χ0) is 22.2. The molecule has 0 radical (unpaired) electrons. The van der Waals surface area contributed by atoms with Gasteiger partial charge < -0.3 is 37.0 Å². The summed E-state index contributed by atoms with van der Waals surface area (Å²) in [5, 5.41) is 35.0. The van der Waals surface area contributed by atoms with Gasteiger partial charge in [-0.2, -0.15) is 0 Å². The second-order valence-electron chi connectivity index (χ2n) is 7.31. The molecule has 3 amide bonds. The number of aliphatic carboxylic acids is 1.